The molecule has 0 aromatic carbocycles. The Morgan fingerprint density at radius 3 is 2.69 bits per heavy atom. The van der Waals surface area contributed by atoms with Gasteiger partial charge in [-0.2, -0.15) is 0 Å². The van der Waals surface area contributed by atoms with Gasteiger partial charge < -0.3 is 10.2 Å². The van der Waals surface area contributed by atoms with E-state index in [9.17, 15) is 4.79 Å². The van der Waals surface area contributed by atoms with Crippen molar-refractivity contribution in [2.45, 2.75) is 27.3 Å². The maximum absolute atomic E-state index is 11.6. The normalized spacial score (nSPS) is 10.4. The van der Waals surface area contributed by atoms with Gasteiger partial charge in [0.2, 0.25) is 5.91 Å². The fraction of sp³-hybridized carbons (Fsp3) is 0.636. The summed E-state index contributed by atoms with van der Waals surface area (Å²) >= 11 is 1.63. The highest BCUT2D eigenvalue weighted by Gasteiger charge is 2.08. The number of nitrogens with zero attached hydrogens (tertiary/aromatic N) is 2. The fourth-order valence-corrected chi connectivity index (χ4v) is 2.09. The van der Waals surface area contributed by atoms with Crippen molar-refractivity contribution in [3.05, 3.63) is 16.1 Å². The van der Waals surface area contributed by atoms with E-state index in [0.29, 0.717) is 13.1 Å². The Bertz CT molecular complexity index is 334. The second-order valence-corrected chi connectivity index (χ2v) is 4.59. The fourth-order valence-electron chi connectivity index (χ4n) is 1.48. The molecule has 0 saturated heterocycles. The van der Waals surface area contributed by atoms with E-state index >= 15 is 0 Å². The third-order valence-electron chi connectivity index (χ3n) is 2.37. The third-order valence-corrected chi connectivity index (χ3v) is 3.19. The lowest BCUT2D eigenvalue weighted by molar-refractivity contribution is -0.129. The Kier molecular flexibility index (Phi) is 5.42. The van der Waals surface area contributed by atoms with Crippen molar-refractivity contribution >= 4 is 17.2 Å². The van der Waals surface area contributed by atoms with Gasteiger partial charge in [0.25, 0.3) is 0 Å². The molecule has 0 spiro atoms. The minimum absolute atomic E-state index is 0.150. The molecule has 0 fully saturated rings. The maximum atomic E-state index is 11.6. The smallest absolute Gasteiger partial charge is 0.236 e. The minimum Gasteiger partial charge on any atom is -0.342 e. The highest BCUT2D eigenvalue weighted by molar-refractivity contribution is 7.09. The molecule has 4 nitrogen and oxygen atoms in total. The Morgan fingerprint density at radius 2 is 2.19 bits per heavy atom. The van der Waals surface area contributed by atoms with Crippen LogP contribution in [0.1, 0.15) is 24.5 Å². The van der Waals surface area contributed by atoms with E-state index in [1.807, 2.05) is 31.1 Å². The maximum Gasteiger partial charge on any atom is 0.236 e. The Morgan fingerprint density at radius 1 is 1.50 bits per heavy atom. The number of carbonyl (C=O) groups excluding carboxylic acids is 1. The number of rotatable bonds is 6. The topological polar surface area (TPSA) is 45.2 Å². The lowest BCUT2D eigenvalue weighted by Crippen LogP contribution is -2.37. The lowest BCUT2D eigenvalue weighted by Gasteiger charge is -2.18. The molecule has 1 rings (SSSR count). The zero-order chi connectivity index (χ0) is 12.0. The van der Waals surface area contributed by atoms with Gasteiger partial charge in [0.15, 0.2) is 0 Å². The van der Waals surface area contributed by atoms with Crippen molar-refractivity contribution in [2.75, 3.05) is 19.6 Å². The number of likely N-dealkylation sites (N-methyl/N-ethyl adjacent to an activating group) is 1. The molecule has 1 amide bonds. The Labute approximate surface area is 101 Å². The summed E-state index contributed by atoms with van der Waals surface area (Å²) in [4.78, 5) is 17.8. The number of hydrogen-bond acceptors (Lipinski definition) is 4. The first-order valence-corrected chi connectivity index (χ1v) is 6.44. The van der Waals surface area contributed by atoms with Gasteiger partial charge in [0.1, 0.15) is 0 Å². The number of amides is 1. The number of nitrogens with one attached hydrogen (secondary N) is 1. The molecule has 1 N–H and O–H groups in total. The van der Waals surface area contributed by atoms with Crippen LogP contribution in [0, 0.1) is 6.92 Å². The Hall–Kier alpha value is -0.940. The van der Waals surface area contributed by atoms with Crippen LogP contribution in [0.15, 0.2) is 5.38 Å². The summed E-state index contributed by atoms with van der Waals surface area (Å²) in [5.74, 6) is 0.150. The van der Waals surface area contributed by atoms with Gasteiger partial charge in [-0.1, -0.05) is 0 Å². The highest BCUT2D eigenvalue weighted by atomic mass is 32.1. The molecule has 5 heteroatoms. The van der Waals surface area contributed by atoms with Crippen LogP contribution in [0.2, 0.25) is 0 Å². The molecule has 0 saturated carbocycles. The number of carbonyl (C=O) groups is 1. The summed E-state index contributed by atoms with van der Waals surface area (Å²) in [6, 6.07) is 0. The molecule has 0 atom stereocenters. The second kappa shape index (κ2) is 6.60. The van der Waals surface area contributed by atoms with Gasteiger partial charge in [0.05, 0.1) is 17.2 Å². The average Bonchev–Trinajstić information content (AvgIpc) is 2.66. The van der Waals surface area contributed by atoms with Gasteiger partial charge in [0, 0.05) is 25.0 Å². The van der Waals surface area contributed by atoms with Crippen LogP contribution in [-0.2, 0) is 11.3 Å². The molecule has 16 heavy (non-hydrogen) atoms. The largest absolute Gasteiger partial charge is 0.342 e. The van der Waals surface area contributed by atoms with Gasteiger partial charge >= 0.3 is 0 Å². The van der Waals surface area contributed by atoms with Crippen molar-refractivity contribution in [1.29, 1.82) is 0 Å². The van der Waals surface area contributed by atoms with Crippen molar-refractivity contribution in [2.24, 2.45) is 0 Å². The molecule has 1 heterocycles. The molecule has 0 bridgehead atoms. The predicted molar refractivity (Wildman–Crippen MR) is 66.5 cm³/mol. The predicted octanol–water partition coefficient (Wildman–Crippen LogP) is 1.41. The van der Waals surface area contributed by atoms with E-state index in [4.69, 9.17) is 0 Å². The molecule has 0 radical (unpaired) electrons. The number of aryl methyl sites for hydroxylation is 1. The Balaban J connectivity index is 2.27. The van der Waals surface area contributed by atoms with Crippen LogP contribution in [0.4, 0.5) is 0 Å². The van der Waals surface area contributed by atoms with Crippen LogP contribution in [0.5, 0.6) is 0 Å². The minimum atomic E-state index is 0.150. The SMILES string of the molecule is CCN(CC)C(=O)CNCc1csc(C)n1. The van der Waals surface area contributed by atoms with Crippen molar-refractivity contribution < 1.29 is 4.79 Å². The summed E-state index contributed by atoms with van der Waals surface area (Å²) < 4.78 is 0. The lowest BCUT2D eigenvalue weighted by atomic mass is 10.4. The van der Waals surface area contributed by atoms with E-state index in [0.717, 1.165) is 23.8 Å². The molecule has 0 aliphatic rings. The van der Waals surface area contributed by atoms with Crippen LogP contribution in [0.25, 0.3) is 0 Å². The van der Waals surface area contributed by atoms with Crippen LogP contribution >= 0.6 is 11.3 Å². The van der Waals surface area contributed by atoms with Gasteiger partial charge in [-0.15, -0.1) is 11.3 Å². The molecule has 1 aromatic rings. The van der Waals surface area contributed by atoms with Crippen LogP contribution in [0.3, 0.4) is 0 Å². The number of aromatic nitrogens is 1. The van der Waals surface area contributed by atoms with E-state index in [2.05, 4.69) is 10.3 Å². The van der Waals surface area contributed by atoms with Crippen LogP contribution < -0.4 is 5.32 Å². The highest BCUT2D eigenvalue weighted by Crippen LogP contribution is 2.06. The summed E-state index contributed by atoms with van der Waals surface area (Å²) in [6.45, 7) is 8.56. The molecular formula is C11H19N3OS. The second-order valence-electron chi connectivity index (χ2n) is 3.53. The first-order chi connectivity index (χ1) is 7.67. The number of thiazole rings is 1. The molecule has 0 aliphatic carbocycles. The molecule has 0 aliphatic heterocycles. The van der Waals surface area contributed by atoms with E-state index in [1.54, 1.807) is 11.3 Å². The standard InChI is InChI=1S/C11H19N3OS/c1-4-14(5-2)11(15)7-12-6-10-8-16-9(3)13-10/h8,12H,4-7H2,1-3H3. The first-order valence-electron chi connectivity index (χ1n) is 5.56. The molecule has 1 aromatic heterocycles. The van der Waals surface area contributed by atoms with E-state index < -0.39 is 0 Å². The van der Waals surface area contributed by atoms with E-state index in [-0.39, 0.29) is 5.91 Å². The molecule has 0 unspecified atom stereocenters. The third kappa shape index (κ3) is 3.90. The van der Waals surface area contributed by atoms with Gasteiger partial charge in [-0.05, 0) is 20.8 Å². The molecular weight excluding hydrogens is 222 g/mol. The summed E-state index contributed by atoms with van der Waals surface area (Å²) in [7, 11) is 0. The average molecular weight is 241 g/mol. The summed E-state index contributed by atoms with van der Waals surface area (Å²) in [5.41, 5.74) is 1.01. The number of hydrogen-bond donors (Lipinski definition) is 1. The summed E-state index contributed by atoms with van der Waals surface area (Å²) in [6.07, 6.45) is 0. The van der Waals surface area contributed by atoms with E-state index in [1.165, 1.54) is 0 Å². The van der Waals surface area contributed by atoms with Gasteiger partial charge in [-0.3, -0.25) is 4.79 Å². The zero-order valence-electron chi connectivity index (χ0n) is 10.1. The van der Waals surface area contributed by atoms with Gasteiger partial charge in [-0.25, -0.2) is 4.98 Å². The van der Waals surface area contributed by atoms with Crippen molar-refractivity contribution in [1.82, 2.24) is 15.2 Å². The monoisotopic (exact) mass is 241 g/mol. The van der Waals surface area contributed by atoms with Crippen molar-refractivity contribution in [3.63, 3.8) is 0 Å². The first kappa shape index (κ1) is 13.1. The zero-order valence-corrected chi connectivity index (χ0v) is 10.9. The summed E-state index contributed by atoms with van der Waals surface area (Å²) in [5, 5.41) is 6.20. The van der Waals surface area contributed by atoms with Crippen molar-refractivity contribution in [3.8, 4) is 0 Å². The quantitative estimate of drug-likeness (QED) is 0.819. The van der Waals surface area contributed by atoms with Crippen LogP contribution in [-0.4, -0.2) is 35.4 Å². The molecule has 90 valence electrons.